The molecule has 1 atom stereocenters. The van der Waals surface area contributed by atoms with Crippen molar-refractivity contribution in [3.63, 3.8) is 0 Å². The average molecular weight is 400 g/mol. The van der Waals surface area contributed by atoms with Gasteiger partial charge in [0.25, 0.3) is 5.91 Å². The lowest BCUT2D eigenvalue weighted by molar-refractivity contribution is 0.0702. The third kappa shape index (κ3) is 3.14. The lowest BCUT2D eigenvalue weighted by Crippen LogP contribution is -2.39. The van der Waals surface area contributed by atoms with E-state index in [9.17, 15) is 9.90 Å². The Balaban J connectivity index is 1.58. The van der Waals surface area contributed by atoms with Crippen LogP contribution in [0.4, 0.5) is 0 Å². The highest BCUT2D eigenvalue weighted by atomic mass is 79.9. The maximum Gasteiger partial charge on any atom is 0.257 e. The van der Waals surface area contributed by atoms with Crippen molar-refractivity contribution >= 4 is 32.9 Å². The van der Waals surface area contributed by atoms with Gasteiger partial charge in [0.1, 0.15) is 11.6 Å². The number of likely N-dealkylation sites (tertiary alicyclic amines) is 1. The molecule has 5 nitrogen and oxygen atoms in total. The molecule has 0 aliphatic carbocycles. The number of aromatic amines is 1. The molecule has 1 aliphatic heterocycles. The SMILES string of the molecule is O=C(c1cc(Br)ccc1O)N1CCCC(c2nc3ccccc3[nH]2)C1. The van der Waals surface area contributed by atoms with Gasteiger partial charge >= 0.3 is 0 Å². The number of piperidine rings is 1. The number of aromatic hydroxyl groups is 1. The maximum atomic E-state index is 12.8. The van der Waals surface area contributed by atoms with E-state index in [1.807, 2.05) is 29.2 Å². The number of amides is 1. The van der Waals surface area contributed by atoms with Gasteiger partial charge in [0, 0.05) is 23.5 Å². The number of carbonyl (C=O) groups excluding carboxylic acids is 1. The Hall–Kier alpha value is -2.34. The second kappa shape index (κ2) is 6.52. The number of nitrogens with zero attached hydrogens (tertiary/aromatic N) is 2. The quantitative estimate of drug-likeness (QED) is 0.682. The lowest BCUT2D eigenvalue weighted by atomic mass is 9.96. The predicted molar refractivity (Wildman–Crippen MR) is 99.8 cm³/mol. The summed E-state index contributed by atoms with van der Waals surface area (Å²) in [5.74, 6) is 0.982. The minimum absolute atomic E-state index is 0.0130. The van der Waals surface area contributed by atoms with Crippen molar-refractivity contribution in [1.82, 2.24) is 14.9 Å². The number of H-pyrrole nitrogens is 1. The van der Waals surface area contributed by atoms with Crippen LogP contribution >= 0.6 is 15.9 Å². The number of aromatic nitrogens is 2. The Morgan fingerprint density at radius 1 is 1.28 bits per heavy atom. The van der Waals surface area contributed by atoms with Gasteiger partial charge in [-0.15, -0.1) is 0 Å². The van der Waals surface area contributed by atoms with Crippen molar-refractivity contribution in [2.75, 3.05) is 13.1 Å². The van der Waals surface area contributed by atoms with Crippen LogP contribution in [0.5, 0.6) is 5.75 Å². The zero-order valence-corrected chi connectivity index (χ0v) is 15.2. The molecule has 4 rings (SSSR count). The molecule has 0 spiro atoms. The van der Waals surface area contributed by atoms with E-state index in [0.717, 1.165) is 34.2 Å². The van der Waals surface area contributed by atoms with Crippen LogP contribution < -0.4 is 0 Å². The molecule has 3 aromatic rings. The van der Waals surface area contributed by atoms with Gasteiger partial charge in [-0.3, -0.25) is 4.79 Å². The second-order valence-corrected chi connectivity index (χ2v) is 7.31. The van der Waals surface area contributed by atoms with E-state index in [1.165, 1.54) is 6.07 Å². The number of phenols is 1. The molecular weight excluding hydrogens is 382 g/mol. The van der Waals surface area contributed by atoms with E-state index in [4.69, 9.17) is 0 Å². The van der Waals surface area contributed by atoms with Gasteiger partial charge in [0.15, 0.2) is 0 Å². The van der Waals surface area contributed by atoms with Gasteiger partial charge in [-0.2, -0.15) is 0 Å². The fourth-order valence-electron chi connectivity index (χ4n) is 3.40. The van der Waals surface area contributed by atoms with E-state index in [2.05, 4.69) is 25.9 Å². The number of para-hydroxylation sites is 2. The summed E-state index contributed by atoms with van der Waals surface area (Å²) < 4.78 is 0.777. The van der Waals surface area contributed by atoms with Crippen molar-refractivity contribution in [1.29, 1.82) is 0 Å². The van der Waals surface area contributed by atoms with Gasteiger partial charge < -0.3 is 15.0 Å². The van der Waals surface area contributed by atoms with Crippen molar-refractivity contribution in [2.24, 2.45) is 0 Å². The number of hydrogen-bond donors (Lipinski definition) is 2. The highest BCUT2D eigenvalue weighted by Crippen LogP contribution is 2.29. The van der Waals surface area contributed by atoms with E-state index >= 15 is 0 Å². The average Bonchev–Trinajstić information content (AvgIpc) is 3.07. The highest BCUT2D eigenvalue weighted by Gasteiger charge is 2.28. The van der Waals surface area contributed by atoms with Crippen LogP contribution in [0.15, 0.2) is 46.9 Å². The highest BCUT2D eigenvalue weighted by molar-refractivity contribution is 9.10. The van der Waals surface area contributed by atoms with Gasteiger partial charge in [-0.1, -0.05) is 28.1 Å². The number of hydrogen-bond acceptors (Lipinski definition) is 3. The van der Waals surface area contributed by atoms with Gasteiger partial charge in [0.05, 0.1) is 16.6 Å². The first-order valence-electron chi connectivity index (χ1n) is 8.34. The topological polar surface area (TPSA) is 69.2 Å². The lowest BCUT2D eigenvalue weighted by Gasteiger charge is -2.32. The Bertz CT molecular complexity index is 904. The Morgan fingerprint density at radius 3 is 2.96 bits per heavy atom. The van der Waals surface area contributed by atoms with E-state index in [0.29, 0.717) is 18.7 Å². The molecule has 1 fully saturated rings. The smallest absolute Gasteiger partial charge is 0.257 e. The predicted octanol–water partition coefficient (Wildman–Crippen LogP) is 4.05. The van der Waals surface area contributed by atoms with Gasteiger partial charge in [-0.25, -0.2) is 4.98 Å². The number of fused-ring (bicyclic) bond motifs is 1. The summed E-state index contributed by atoms with van der Waals surface area (Å²) in [6.45, 7) is 1.30. The zero-order chi connectivity index (χ0) is 17.4. The van der Waals surface area contributed by atoms with Crippen LogP contribution in [0.3, 0.4) is 0 Å². The summed E-state index contributed by atoms with van der Waals surface area (Å²) in [5.41, 5.74) is 2.30. The van der Waals surface area contributed by atoms with Crippen LogP contribution in [0.25, 0.3) is 11.0 Å². The molecule has 0 saturated carbocycles. The minimum atomic E-state index is -0.139. The van der Waals surface area contributed by atoms with Crippen molar-refractivity contribution in [3.8, 4) is 5.75 Å². The molecule has 0 radical (unpaired) electrons. The summed E-state index contributed by atoms with van der Waals surface area (Å²) in [6.07, 6.45) is 1.91. The molecule has 25 heavy (non-hydrogen) atoms. The summed E-state index contributed by atoms with van der Waals surface area (Å²) in [7, 11) is 0. The van der Waals surface area contributed by atoms with E-state index < -0.39 is 0 Å². The second-order valence-electron chi connectivity index (χ2n) is 6.39. The van der Waals surface area contributed by atoms with Crippen molar-refractivity contribution < 1.29 is 9.90 Å². The van der Waals surface area contributed by atoms with Gasteiger partial charge in [0.2, 0.25) is 0 Å². The number of halogens is 1. The van der Waals surface area contributed by atoms with Crippen LogP contribution in [0.1, 0.15) is 34.9 Å². The zero-order valence-electron chi connectivity index (χ0n) is 13.6. The molecule has 6 heteroatoms. The molecular formula is C19H18BrN3O2. The number of rotatable bonds is 2. The molecule has 128 valence electrons. The fraction of sp³-hybridized carbons (Fsp3) is 0.263. The standard InChI is InChI=1S/C19H18BrN3O2/c20-13-7-8-17(24)14(10-13)19(25)23-9-3-4-12(11-23)18-21-15-5-1-2-6-16(15)22-18/h1-2,5-8,10,12,24H,3-4,9,11H2,(H,21,22). The number of nitrogens with one attached hydrogen (secondary N) is 1. The molecule has 1 amide bonds. The van der Waals surface area contributed by atoms with Crippen LogP contribution in [-0.2, 0) is 0 Å². The first-order valence-corrected chi connectivity index (χ1v) is 9.13. The van der Waals surface area contributed by atoms with Crippen LogP contribution in [0.2, 0.25) is 0 Å². The molecule has 1 saturated heterocycles. The fourth-order valence-corrected chi connectivity index (χ4v) is 3.76. The van der Waals surface area contributed by atoms with E-state index in [1.54, 1.807) is 12.1 Å². The third-order valence-electron chi connectivity index (χ3n) is 4.69. The normalized spacial score (nSPS) is 17.8. The van der Waals surface area contributed by atoms with Crippen molar-refractivity contribution in [3.05, 3.63) is 58.3 Å². The number of carbonyl (C=O) groups is 1. The largest absolute Gasteiger partial charge is 0.507 e. The molecule has 1 unspecified atom stereocenters. The summed E-state index contributed by atoms with van der Waals surface area (Å²) in [5, 5.41) is 10.0. The Kier molecular flexibility index (Phi) is 4.21. The number of benzene rings is 2. The van der Waals surface area contributed by atoms with Crippen molar-refractivity contribution in [2.45, 2.75) is 18.8 Å². The third-order valence-corrected chi connectivity index (χ3v) is 5.19. The summed E-state index contributed by atoms with van der Waals surface area (Å²) in [6, 6.07) is 12.9. The Morgan fingerprint density at radius 2 is 2.12 bits per heavy atom. The minimum Gasteiger partial charge on any atom is -0.507 e. The van der Waals surface area contributed by atoms with Crippen LogP contribution in [0, 0.1) is 0 Å². The van der Waals surface area contributed by atoms with Crippen LogP contribution in [-0.4, -0.2) is 39.0 Å². The molecule has 0 bridgehead atoms. The summed E-state index contributed by atoms with van der Waals surface area (Å²) >= 11 is 3.36. The van der Waals surface area contributed by atoms with E-state index in [-0.39, 0.29) is 17.6 Å². The number of phenolic OH excluding ortho intramolecular Hbond substituents is 1. The molecule has 1 aromatic heterocycles. The molecule has 1 aliphatic rings. The molecule has 2 aromatic carbocycles. The molecule has 2 heterocycles. The molecule has 2 N–H and O–H groups in total. The summed E-state index contributed by atoms with van der Waals surface area (Å²) in [4.78, 5) is 22.7. The Labute approximate surface area is 153 Å². The monoisotopic (exact) mass is 399 g/mol. The number of imidazole rings is 1. The first kappa shape index (κ1) is 16.1. The van der Waals surface area contributed by atoms with Gasteiger partial charge in [-0.05, 0) is 43.2 Å². The maximum absolute atomic E-state index is 12.8. The first-order chi connectivity index (χ1) is 12.1.